The summed E-state index contributed by atoms with van der Waals surface area (Å²) in [5, 5.41) is 6.72. The smallest absolute Gasteiger partial charge is 0.223 e. The molecule has 0 spiro atoms. The molecule has 0 amide bonds. The van der Waals surface area contributed by atoms with E-state index in [1.807, 2.05) is 6.07 Å². The Bertz CT molecular complexity index is 426. The predicted octanol–water partition coefficient (Wildman–Crippen LogP) is 3.26. The average molecular weight is 277 g/mol. The van der Waals surface area contributed by atoms with E-state index in [0.717, 1.165) is 31.1 Å². The Morgan fingerprint density at radius 2 is 1.80 bits per heavy atom. The number of aromatic nitrogens is 2. The molecule has 112 valence electrons. The van der Waals surface area contributed by atoms with Gasteiger partial charge in [0.25, 0.3) is 0 Å². The molecule has 0 bridgehead atoms. The molecule has 2 rings (SSSR count). The standard InChI is InChI=1S/C15H27N5/c1-3-9-17-12-10-13(20-14(16)19-12)18-11-15(4-2)7-5-6-8-15/h10H,3-9,11H2,1-2H3,(H4,16,17,18,19,20). The van der Waals surface area contributed by atoms with Gasteiger partial charge in [0.2, 0.25) is 5.95 Å². The predicted molar refractivity (Wildman–Crippen MR) is 84.9 cm³/mol. The van der Waals surface area contributed by atoms with E-state index in [9.17, 15) is 0 Å². The normalized spacial score (nSPS) is 17.1. The van der Waals surface area contributed by atoms with Crippen molar-refractivity contribution < 1.29 is 0 Å². The number of nitrogens with zero attached hydrogens (tertiary/aromatic N) is 2. The minimum Gasteiger partial charge on any atom is -0.370 e. The van der Waals surface area contributed by atoms with Gasteiger partial charge in [0.15, 0.2) is 0 Å². The second-order valence-electron chi connectivity index (χ2n) is 5.84. The van der Waals surface area contributed by atoms with Crippen LogP contribution in [0.5, 0.6) is 0 Å². The molecule has 5 heteroatoms. The number of hydrogen-bond donors (Lipinski definition) is 3. The molecule has 1 fully saturated rings. The number of nitrogens with one attached hydrogen (secondary N) is 2. The van der Waals surface area contributed by atoms with Crippen LogP contribution < -0.4 is 16.4 Å². The van der Waals surface area contributed by atoms with Gasteiger partial charge in [-0.2, -0.15) is 9.97 Å². The molecule has 1 aromatic rings. The average Bonchev–Trinajstić information content (AvgIpc) is 2.92. The fourth-order valence-corrected chi connectivity index (χ4v) is 2.96. The third-order valence-electron chi connectivity index (χ3n) is 4.36. The Hall–Kier alpha value is -1.52. The summed E-state index contributed by atoms with van der Waals surface area (Å²) >= 11 is 0. The molecule has 0 atom stereocenters. The molecule has 0 radical (unpaired) electrons. The van der Waals surface area contributed by atoms with Crippen molar-refractivity contribution in [2.24, 2.45) is 5.41 Å². The zero-order chi connectivity index (χ0) is 14.4. The molecule has 1 aliphatic rings. The van der Waals surface area contributed by atoms with Crippen LogP contribution in [0.1, 0.15) is 52.4 Å². The van der Waals surface area contributed by atoms with Crippen molar-refractivity contribution in [3.8, 4) is 0 Å². The summed E-state index contributed by atoms with van der Waals surface area (Å²) in [4.78, 5) is 8.49. The third kappa shape index (κ3) is 3.74. The first-order chi connectivity index (χ1) is 9.67. The van der Waals surface area contributed by atoms with Gasteiger partial charge in [0.1, 0.15) is 11.6 Å². The highest BCUT2D eigenvalue weighted by Crippen LogP contribution is 2.40. The maximum Gasteiger partial charge on any atom is 0.223 e. The third-order valence-corrected chi connectivity index (χ3v) is 4.36. The van der Waals surface area contributed by atoms with Gasteiger partial charge >= 0.3 is 0 Å². The largest absolute Gasteiger partial charge is 0.370 e. The molecule has 20 heavy (non-hydrogen) atoms. The second kappa shape index (κ2) is 6.77. The monoisotopic (exact) mass is 277 g/mol. The highest BCUT2D eigenvalue weighted by molar-refractivity contribution is 5.51. The fraction of sp³-hybridized carbons (Fsp3) is 0.733. The van der Waals surface area contributed by atoms with Gasteiger partial charge in [-0.3, -0.25) is 0 Å². The summed E-state index contributed by atoms with van der Waals surface area (Å²) in [6, 6.07) is 1.95. The Kier molecular flexibility index (Phi) is 5.04. The summed E-state index contributed by atoms with van der Waals surface area (Å²) in [6.45, 7) is 6.29. The first-order valence-corrected chi connectivity index (χ1v) is 7.80. The van der Waals surface area contributed by atoms with Crippen LogP contribution in [0.4, 0.5) is 17.6 Å². The number of hydrogen-bond acceptors (Lipinski definition) is 5. The van der Waals surface area contributed by atoms with Crippen LogP contribution in [0, 0.1) is 5.41 Å². The number of rotatable bonds is 7. The Morgan fingerprint density at radius 3 is 2.40 bits per heavy atom. The Balaban J connectivity index is 1.99. The number of nitrogens with two attached hydrogens (primary N) is 1. The lowest BCUT2D eigenvalue weighted by Gasteiger charge is -2.28. The molecule has 0 unspecified atom stereocenters. The van der Waals surface area contributed by atoms with Crippen molar-refractivity contribution in [1.29, 1.82) is 0 Å². The zero-order valence-electron chi connectivity index (χ0n) is 12.7. The van der Waals surface area contributed by atoms with Gasteiger partial charge in [0.05, 0.1) is 0 Å². The minimum absolute atomic E-state index is 0.325. The van der Waals surface area contributed by atoms with Crippen molar-refractivity contribution in [1.82, 2.24) is 9.97 Å². The van der Waals surface area contributed by atoms with E-state index < -0.39 is 0 Å². The van der Waals surface area contributed by atoms with E-state index in [4.69, 9.17) is 5.73 Å². The van der Waals surface area contributed by atoms with E-state index in [1.54, 1.807) is 0 Å². The Labute approximate surface area is 121 Å². The van der Waals surface area contributed by atoms with Gasteiger partial charge in [0, 0.05) is 19.2 Å². The minimum atomic E-state index is 0.325. The quantitative estimate of drug-likeness (QED) is 0.713. The molecule has 1 saturated carbocycles. The van der Waals surface area contributed by atoms with Gasteiger partial charge in [-0.15, -0.1) is 0 Å². The van der Waals surface area contributed by atoms with Crippen molar-refractivity contribution in [3.63, 3.8) is 0 Å². The van der Waals surface area contributed by atoms with Crippen LogP contribution in [0.2, 0.25) is 0 Å². The van der Waals surface area contributed by atoms with Gasteiger partial charge < -0.3 is 16.4 Å². The first kappa shape index (κ1) is 14.9. The summed E-state index contributed by atoms with van der Waals surface area (Å²) in [5.74, 6) is 1.96. The Morgan fingerprint density at radius 1 is 1.15 bits per heavy atom. The molecule has 0 saturated heterocycles. The molecule has 1 aliphatic carbocycles. The molecule has 0 aromatic carbocycles. The van der Waals surface area contributed by atoms with Crippen molar-refractivity contribution in [3.05, 3.63) is 6.07 Å². The van der Waals surface area contributed by atoms with Gasteiger partial charge in [-0.25, -0.2) is 0 Å². The zero-order valence-corrected chi connectivity index (χ0v) is 12.7. The van der Waals surface area contributed by atoms with Crippen molar-refractivity contribution in [2.75, 3.05) is 29.5 Å². The maximum absolute atomic E-state index is 5.78. The van der Waals surface area contributed by atoms with E-state index in [0.29, 0.717) is 11.4 Å². The molecule has 5 nitrogen and oxygen atoms in total. The highest BCUT2D eigenvalue weighted by Gasteiger charge is 2.31. The SMILES string of the molecule is CCCNc1cc(NCC2(CC)CCCC2)nc(N)n1. The van der Waals surface area contributed by atoms with Crippen LogP contribution in [-0.2, 0) is 0 Å². The summed E-state index contributed by atoms with van der Waals surface area (Å²) < 4.78 is 0. The summed E-state index contributed by atoms with van der Waals surface area (Å²) in [5.41, 5.74) is 6.22. The summed E-state index contributed by atoms with van der Waals surface area (Å²) in [6.07, 6.45) is 7.62. The molecule has 0 aliphatic heterocycles. The molecular weight excluding hydrogens is 250 g/mol. The molecule has 4 N–H and O–H groups in total. The van der Waals surface area contributed by atoms with Gasteiger partial charge in [-0.1, -0.05) is 26.7 Å². The lowest BCUT2D eigenvalue weighted by Crippen LogP contribution is -2.26. The van der Waals surface area contributed by atoms with E-state index >= 15 is 0 Å². The maximum atomic E-state index is 5.78. The lowest BCUT2D eigenvalue weighted by atomic mass is 9.83. The van der Waals surface area contributed by atoms with E-state index in [-0.39, 0.29) is 0 Å². The second-order valence-corrected chi connectivity index (χ2v) is 5.84. The lowest BCUT2D eigenvalue weighted by molar-refractivity contribution is 0.306. The van der Waals surface area contributed by atoms with Crippen molar-refractivity contribution in [2.45, 2.75) is 52.4 Å². The molecule has 1 heterocycles. The number of anilines is 3. The summed E-state index contributed by atoms with van der Waals surface area (Å²) in [7, 11) is 0. The van der Waals surface area contributed by atoms with Crippen LogP contribution in [0.25, 0.3) is 0 Å². The molecular formula is C15H27N5. The van der Waals surface area contributed by atoms with E-state index in [1.165, 1.54) is 32.1 Å². The van der Waals surface area contributed by atoms with E-state index in [2.05, 4.69) is 34.4 Å². The highest BCUT2D eigenvalue weighted by atomic mass is 15.1. The van der Waals surface area contributed by atoms with Crippen LogP contribution >= 0.6 is 0 Å². The topological polar surface area (TPSA) is 75.9 Å². The van der Waals surface area contributed by atoms with Crippen LogP contribution in [0.15, 0.2) is 6.07 Å². The van der Waals surface area contributed by atoms with Crippen LogP contribution in [0.3, 0.4) is 0 Å². The first-order valence-electron chi connectivity index (χ1n) is 7.80. The molecule has 1 aromatic heterocycles. The van der Waals surface area contributed by atoms with Crippen LogP contribution in [-0.4, -0.2) is 23.1 Å². The van der Waals surface area contributed by atoms with Crippen molar-refractivity contribution >= 4 is 17.6 Å². The number of nitrogen functional groups attached to an aromatic ring is 1. The van der Waals surface area contributed by atoms with Gasteiger partial charge in [-0.05, 0) is 31.1 Å². The fourth-order valence-electron chi connectivity index (χ4n) is 2.96.